The second-order valence-electron chi connectivity index (χ2n) is 8.44. The number of nitrogens with one attached hydrogen (secondary N) is 1. The number of amides is 1. The SMILES string of the molecule is CC(C)N(CCO)C(=O)[C@H]1C[C@H](c2c(-c3ccc(F)cc3)[nH]c3c(F)cc(F)cc32)C1. The summed E-state index contributed by atoms with van der Waals surface area (Å²) in [6, 6.07) is 7.96. The van der Waals surface area contributed by atoms with Crippen LogP contribution in [0.1, 0.15) is 38.2 Å². The Morgan fingerprint density at radius 2 is 1.81 bits per heavy atom. The molecular weight excluding hydrogens is 405 g/mol. The molecule has 1 heterocycles. The number of carbonyl (C=O) groups is 1. The van der Waals surface area contributed by atoms with Crippen molar-refractivity contribution in [2.24, 2.45) is 5.92 Å². The molecule has 1 amide bonds. The average molecular weight is 430 g/mol. The zero-order valence-electron chi connectivity index (χ0n) is 17.5. The molecule has 1 aromatic heterocycles. The van der Waals surface area contributed by atoms with E-state index in [1.807, 2.05) is 13.8 Å². The van der Waals surface area contributed by atoms with E-state index < -0.39 is 11.6 Å². The molecular formula is C24H25F3N2O2. The Balaban J connectivity index is 1.70. The number of halogens is 3. The van der Waals surface area contributed by atoms with Gasteiger partial charge in [-0.25, -0.2) is 13.2 Å². The van der Waals surface area contributed by atoms with E-state index in [2.05, 4.69) is 4.98 Å². The maximum absolute atomic E-state index is 14.5. The fourth-order valence-corrected chi connectivity index (χ4v) is 4.53. The van der Waals surface area contributed by atoms with Crippen molar-refractivity contribution in [2.45, 2.75) is 38.6 Å². The number of aromatic amines is 1. The van der Waals surface area contributed by atoms with E-state index in [1.54, 1.807) is 17.0 Å². The van der Waals surface area contributed by atoms with Gasteiger partial charge in [0.25, 0.3) is 0 Å². The first-order valence-corrected chi connectivity index (χ1v) is 10.5. The Morgan fingerprint density at radius 3 is 2.42 bits per heavy atom. The molecule has 1 saturated carbocycles. The van der Waals surface area contributed by atoms with Crippen LogP contribution in [0.25, 0.3) is 22.2 Å². The number of aliphatic hydroxyl groups is 1. The summed E-state index contributed by atoms with van der Waals surface area (Å²) < 4.78 is 41.9. The number of H-pyrrole nitrogens is 1. The van der Waals surface area contributed by atoms with Gasteiger partial charge < -0.3 is 15.0 Å². The standard InChI is InChI=1S/C24H25F3N2O2/c1-13(2)29(7-8-30)24(31)16-9-15(10-16)21-19-11-18(26)12-20(27)23(19)28-22(21)14-3-5-17(25)6-4-14/h3-6,11-13,15-16,28,30H,7-10H2,1-2H3/t15-,16-. The maximum Gasteiger partial charge on any atom is 0.226 e. The maximum atomic E-state index is 14.5. The molecule has 0 bridgehead atoms. The summed E-state index contributed by atoms with van der Waals surface area (Å²) >= 11 is 0. The molecule has 0 radical (unpaired) electrons. The van der Waals surface area contributed by atoms with Gasteiger partial charge in [-0.3, -0.25) is 4.79 Å². The van der Waals surface area contributed by atoms with E-state index in [9.17, 15) is 23.1 Å². The van der Waals surface area contributed by atoms with Crippen LogP contribution in [0.15, 0.2) is 36.4 Å². The minimum absolute atomic E-state index is 0.0131. The van der Waals surface area contributed by atoms with Crippen molar-refractivity contribution < 1.29 is 23.1 Å². The third-order valence-electron chi connectivity index (χ3n) is 6.14. The van der Waals surface area contributed by atoms with Crippen LogP contribution in [0.3, 0.4) is 0 Å². The van der Waals surface area contributed by atoms with Crippen molar-refractivity contribution in [2.75, 3.05) is 13.2 Å². The first kappa shape index (κ1) is 21.4. The molecule has 1 aliphatic carbocycles. The number of hydrogen-bond acceptors (Lipinski definition) is 2. The van der Waals surface area contributed by atoms with Crippen molar-refractivity contribution in [3.8, 4) is 11.3 Å². The minimum Gasteiger partial charge on any atom is -0.395 e. The lowest BCUT2D eigenvalue weighted by molar-refractivity contribution is -0.141. The lowest BCUT2D eigenvalue weighted by Gasteiger charge is -2.39. The highest BCUT2D eigenvalue weighted by Gasteiger charge is 2.40. The first-order valence-electron chi connectivity index (χ1n) is 10.5. The quantitative estimate of drug-likeness (QED) is 0.580. The predicted molar refractivity (Wildman–Crippen MR) is 113 cm³/mol. The van der Waals surface area contributed by atoms with Crippen LogP contribution < -0.4 is 0 Å². The summed E-state index contributed by atoms with van der Waals surface area (Å²) in [5.74, 6) is -2.02. The van der Waals surface area contributed by atoms with Crippen molar-refractivity contribution >= 4 is 16.8 Å². The van der Waals surface area contributed by atoms with Crippen molar-refractivity contribution in [1.82, 2.24) is 9.88 Å². The average Bonchev–Trinajstić information content (AvgIpc) is 3.04. The molecule has 0 spiro atoms. The molecule has 31 heavy (non-hydrogen) atoms. The summed E-state index contributed by atoms with van der Waals surface area (Å²) in [5.41, 5.74) is 2.25. The van der Waals surface area contributed by atoms with Crippen LogP contribution in [0.4, 0.5) is 13.2 Å². The molecule has 0 aliphatic heterocycles. The van der Waals surface area contributed by atoms with Crippen LogP contribution in [0, 0.1) is 23.4 Å². The zero-order chi connectivity index (χ0) is 22.3. The number of aliphatic hydroxyl groups excluding tert-OH is 1. The summed E-state index contributed by atoms with van der Waals surface area (Å²) in [4.78, 5) is 17.6. The van der Waals surface area contributed by atoms with Crippen molar-refractivity contribution in [3.63, 3.8) is 0 Å². The molecule has 1 aliphatic rings. The Bertz CT molecular complexity index is 1100. The van der Waals surface area contributed by atoms with E-state index in [0.717, 1.165) is 11.6 Å². The molecule has 2 aromatic carbocycles. The molecule has 4 nitrogen and oxygen atoms in total. The second kappa shape index (κ2) is 8.38. The summed E-state index contributed by atoms with van der Waals surface area (Å²) in [5, 5.41) is 9.71. The molecule has 0 saturated heterocycles. The molecule has 3 aromatic rings. The Hall–Kier alpha value is -2.80. The zero-order valence-corrected chi connectivity index (χ0v) is 17.5. The Morgan fingerprint density at radius 1 is 1.13 bits per heavy atom. The van der Waals surface area contributed by atoms with Gasteiger partial charge in [-0.15, -0.1) is 0 Å². The Labute approximate surface area is 178 Å². The summed E-state index contributed by atoms with van der Waals surface area (Å²) in [7, 11) is 0. The summed E-state index contributed by atoms with van der Waals surface area (Å²) in [6.45, 7) is 3.99. The van der Waals surface area contributed by atoms with Crippen molar-refractivity contribution in [3.05, 3.63) is 59.4 Å². The minimum atomic E-state index is -0.689. The summed E-state index contributed by atoms with van der Waals surface area (Å²) in [6.07, 6.45) is 1.10. The number of benzene rings is 2. The molecule has 0 atom stereocenters. The number of aromatic nitrogens is 1. The highest BCUT2D eigenvalue weighted by atomic mass is 19.1. The van der Waals surface area contributed by atoms with Crippen LogP contribution in [0.5, 0.6) is 0 Å². The molecule has 1 fully saturated rings. The van der Waals surface area contributed by atoms with Crippen molar-refractivity contribution in [1.29, 1.82) is 0 Å². The highest BCUT2D eigenvalue weighted by Crippen LogP contribution is 2.49. The fourth-order valence-electron chi connectivity index (χ4n) is 4.53. The first-order chi connectivity index (χ1) is 14.8. The highest BCUT2D eigenvalue weighted by molar-refractivity contribution is 5.92. The van der Waals surface area contributed by atoms with E-state index in [-0.39, 0.29) is 48.3 Å². The largest absolute Gasteiger partial charge is 0.395 e. The number of fused-ring (bicyclic) bond motifs is 1. The predicted octanol–water partition coefficient (Wildman–Crippen LogP) is 4.98. The van der Waals surface area contributed by atoms with Crippen LogP contribution >= 0.6 is 0 Å². The normalized spacial score (nSPS) is 18.4. The number of hydrogen-bond donors (Lipinski definition) is 2. The van der Waals surface area contributed by atoms with Gasteiger partial charge >= 0.3 is 0 Å². The van der Waals surface area contributed by atoms with Gasteiger partial charge in [-0.2, -0.15) is 0 Å². The van der Waals surface area contributed by atoms with E-state index >= 15 is 0 Å². The van der Waals surface area contributed by atoms with Gasteiger partial charge in [0, 0.05) is 30.0 Å². The van der Waals surface area contributed by atoms with E-state index in [4.69, 9.17) is 0 Å². The van der Waals surface area contributed by atoms with E-state index in [1.165, 1.54) is 18.2 Å². The van der Waals surface area contributed by atoms with Crippen LogP contribution in [0.2, 0.25) is 0 Å². The van der Waals surface area contributed by atoms with Crippen LogP contribution in [-0.4, -0.2) is 40.1 Å². The third-order valence-corrected chi connectivity index (χ3v) is 6.14. The topological polar surface area (TPSA) is 56.3 Å². The lowest BCUT2D eigenvalue weighted by atomic mass is 9.69. The van der Waals surface area contributed by atoms with Crippen LogP contribution in [-0.2, 0) is 4.79 Å². The second-order valence-corrected chi connectivity index (χ2v) is 8.44. The monoisotopic (exact) mass is 430 g/mol. The lowest BCUT2D eigenvalue weighted by Crippen LogP contribution is -2.45. The smallest absolute Gasteiger partial charge is 0.226 e. The number of carbonyl (C=O) groups excluding carboxylic acids is 1. The van der Waals surface area contributed by atoms with Gasteiger partial charge in [0.05, 0.1) is 17.8 Å². The molecule has 2 N–H and O–H groups in total. The van der Waals surface area contributed by atoms with Gasteiger partial charge in [-0.1, -0.05) is 0 Å². The van der Waals surface area contributed by atoms with E-state index in [0.29, 0.717) is 29.5 Å². The molecule has 0 unspecified atom stereocenters. The van der Waals surface area contributed by atoms with Gasteiger partial charge in [0.1, 0.15) is 17.5 Å². The van der Waals surface area contributed by atoms with Gasteiger partial charge in [-0.05, 0) is 74.1 Å². The number of rotatable bonds is 6. The van der Waals surface area contributed by atoms with Gasteiger partial charge in [0.15, 0.2) is 0 Å². The third kappa shape index (κ3) is 3.94. The molecule has 7 heteroatoms. The Kier molecular flexibility index (Phi) is 5.79. The molecule has 4 rings (SSSR count). The van der Waals surface area contributed by atoms with Gasteiger partial charge in [0.2, 0.25) is 5.91 Å². The fraction of sp³-hybridized carbons (Fsp3) is 0.375. The molecule has 164 valence electrons. The number of nitrogens with zero attached hydrogens (tertiary/aromatic N) is 1.